The molecule has 2 aromatic heterocycles. The summed E-state index contributed by atoms with van der Waals surface area (Å²) in [7, 11) is -2.89. The molecule has 3 aromatic rings. The topological polar surface area (TPSA) is 97.0 Å². The molecule has 0 saturated heterocycles. The van der Waals surface area contributed by atoms with Crippen molar-refractivity contribution in [2.45, 2.75) is 23.9 Å². The average Bonchev–Trinajstić information content (AvgIpc) is 3.06. The molecule has 0 aliphatic carbocycles. The first-order valence-electron chi connectivity index (χ1n) is 7.83. The molecule has 0 saturated carbocycles. The van der Waals surface area contributed by atoms with Crippen molar-refractivity contribution < 1.29 is 26.3 Å². The molecule has 0 spiro atoms. The minimum absolute atomic E-state index is 0.0139. The standard InChI is InChI=1S/C16H14ClF3N4O3S/c1-27-15-8(4-11(18)14(19)20)6-22-16(23-15)24-28(25,26)13-7-21-12-5-9(17)2-3-10(12)13/h2-3,5-7,11,14,21H,4H2,1H3,(H,22,23,24). The van der Waals surface area contributed by atoms with Crippen LogP contribution in [0.4, 0.5) is 19.1 Å². The van der Waals surface area contributed by atoms with E-state index >= 15 is 0 Å². The molecule has 150 valence electrons. The number of rotatable bonds is 7. The normalized spacial score (nSPS) is 13.1. The van der Waals surface area contributed by atoms with Gasteiger partial charge in [0.2, 0.25) is 11.8 Å². The molecule has 0 aliphatic heterocycles. The first-order valence-corrected chi connectivity index (χ1v) is 9.69. The second-order valence-corrected chi connectivity index (χ2v) is 7.82. The zero-order valence-electron chi connectivity index (χ0n) is 14.3. The predicted molar refractivity (Wildman–Crippen MR) is 97.3 cm³/mol. The molecule has 7 nitrogen and oxygen atoms in total. The van der Waals surface area contributed by atoms with Crippen molar-refractivity contribution in [3.63, 3.8) is 0 Å². The fourth-order valence-electron chi connectivity index (χ4n) is 2.53. The van der Waals surface area contributed by atoms with E-state index in [9.17, 15) is 21.6 Å². The van der Waals surface area contributed by atoms with Gasteiger partial charge in [0.05, 0.1) is 7.11 Å². The van der Waals surface area contributed by atoms with Gasteiger partial charge in [-0.15, -0.1) is 0 Å². The van der Waals surface area contributed by atoms with E-state index in [-0.39, 0.29) is 22.3 Å². The maximum Gasteiger partial charge on any atom is 0.269 e. The number of sulfonamides is 1. The minimum Gasteiger partial charge on any atom is -0.481 e. The lowest BCUT2D eigenvalue weighted by Gasteiger charge is -2.12. The van der Waals surface area contributed by atoms with Gasteiger partial charge in [-0.3, -0.25) is 0 Å². The summed E-state index contributed by atoms with van der Waals surface area (Å²) in [5.74, 6) is -0.557. The SMILES string of the molecule is COc1nc(NS(=O)(=O)c2c[nH]c3cc(Cl)ccc23)ncc1CC(F)C(F)F. The number of nitrogens with zero attached hydrogens (tertiary/aromatic N) is 2. The number of H-pyrrole nitrogens is 1. The molecular formula is C16H14ClF3N4O3S. The Morgan fingerprint density at radius 2 is 2.07 bits per heavy atom. The van der Waals surface area contributed by atoms with Crippen LogP contribution in [0.2, 0.25) is 5.02 Å². The number of ether oxygens (including phenoxy) is 1. The molecule has 0 amide bonds. The Morgan fingerprint density at radius 1 is 1.32 bits per heavy atom. The van der Waals surface area contributed by atoms with Crippen molar-refractivity contribution in [3.05, 3.63) is 41.2 Å². The van der Waals surface area contributed by atoms with Crippen molar-refractivity contribution in [1.29, 1.82) is 0 Å². The van der Waals surface area contributed by atoms with Gasteiger partial charge >= 0.3 is 0 Å². The Kier molecular flexibility index (Phi) is 5.66. The summed E-state index contributed by atoms with van der Waals surface area (Å²) < 4.78 is 70.5. The van der Waals surface area contributed by atoms with Crippen LogP contribution in [-0.2, 0) is 16.4 Å². The number of halogens is 4. The summed E-state index contributed by atoms with van der Waals surface area (Å²) in [5, 5.41) is 0.836. The van der Waals surface area contributed by atoms with Gasteiger partial charge in [-0.2, -0.15) is 4.98 Å². The zero-order chi connectivity index (χ0) is 20.5. The highest BCUT2D eigenvalue weighted by Gasteiger charge is 2.24. The van der Waals surface area contributed by atoms with Crippen LogP contribution in [-0.4, -0.2) is 43.1 Å². The Bertz CT molecular complexity index is 1110. The van der Waals surface area contributed by atoms with E-state index in [1.165, 1.54) is 13.3 Å². The molecule has 28 heavy (non-hydrogen) atoms. The number of hydrogen-bond donors (Lipinski definition) is 2. The molecule has 0 fully saturated rings. The Hall–Kier alpha value is -2.53. The van der Waals surface area contributed by atoms with Gasteiger partial charge in [0, 0.05) is 40.3 Å². The molecule has 3 rings (SSSR count). The highest BCUT2D eigenvalue weighted by atomic mass is 35.5. The largest absolute Gasteiger partial charge is 0.481 e. The van der Waals surface area contributed by atoms with Crippen molar-refractivity contribution in [2.24, 2.45) is 0 Å². The van der Waals surface area contributed by atoms with Crippen molar-refractivity contribution in [2.75, 3.05) is 11.8 Å². The summed E-state index contributed by atoms with van der Waals surface area (Å²) in [6.45, 7) is 0. The molecule has 1 aromatic carbocycles. The molecule has 1 unspecified atom stereocenters. The van der Waals surface area contributed by atoms with E-state index in [1.54, 1.807) is 18.2 Å². The van der Waals surface area contributed by atoms with Gasteiger partial charge in [0.25, 0.3) is 16.4 Å². The highest BCUT2D eigenvalue weighted by Crippen LogP contribution is 2.27. The Morgan fingerprint density at radius 3 is 2.75 bits per heavy atom. The molecule has 2 heterocycles. The smallest absolute Gasteiger partial charge is 0.269 e. The van der Waals surface area contributed by atoms with Crippen LogP contribution in [0.3, 0.4) is 0 Å². The molecule has 0 radical (unpaired) electrons. The van der Waals surface area contributed by atoms with Crippen LogP contribution in [0.15, 0.2) is 35.5 Å². The molecule has 0 bridgehead atoms. The zero-order valence-corrected chi connectivity index (χ0v) is 15.9. The van der Waals surface area contributed by atoms with Crippen molar-refractivity contribution in [3.8, 4) is 5.88 Å². The minimum atomic E-state index is -4.08. The number of alkyl halides is 3. The first kappa shape index (κ1) is 20.2. The van der Waals surface area contributed by atoms with Crippen LogP contribution >= 0.6 is 11.6 Å². The summed E-state index contributed by atoms with van der Waals surface area (Å²) in [5.41, 5.74) is 0.502. The number of aromatic nitrogens is 3. The fourth-order valence-corrected chi connectivity index (χ4v) is 3.83. The highest BCUT2D eigenvalue weighted by molar-refractivity contribution is 7.93. The van der Waals surface area contributed by atoms with E-state index in [0.717, 1.165) is 6.20 Å². The summed E-state index contributed by atoms with van der Waals surface area (Å²) in [6, 6.07) is 4.65. The van der Waals surface area contributed by atoms with Crippen LogP contribution in [0.25, 0.3) is 10.9 Å². The van der Waals surface area contributed by atoms with Crippen molar-refractivity contribution in [1.82, 2.24) is 15.0 Å². The van der Waals surface area contributed by atoms with Crippen molar-refractivity contribution >= 4 is 38.5 Å². The molecule has 2 N–H and O–H groups in total. The molecule has 0 aliphatic rings. The number of methoxy groups -OCH3 is 1. The van der Waals surface area contributed by atoms with Crippen LogP contribution < -0.4 is 9.46 Å². The molecule has 1 atom stereocenters. The maximum absolute atomic E-state index is 13.3. The van der Waals surface area contributed by atoms with Gasteiger partial charge in [-0.1, -0.05) is 11.6 Å². The van der Waals surface area contributed by atoms with Crippen LogP contribution in [0.1, 0.15) is 5.56 Å². The molecule has 12 heteroatoms. The van der Waals surface area contributed by atoms with E-state index < -0.39 is 29.0 Å². The van der Waals surface area contributed by atoms with E-state index in [0.29, 0.717) is 15.9 Å². The third-order valence-electron chi connectivity index (χ3n) is 3.83. The van der Waals surface area contributed by atoms with Gasteiger partial charge in [-0.25, -0.2) is 31.3 Å². The maximum atomic E-state index is 13.3. The first-order chi connectivity index (χ1) is 13.2. The number of fused-ring (bicyclic) bond motifs is 1. The number of benzene rings is 1. The second kappa shape index (κ2) is 7.84. The third kappa shape index (κ3) is 4.14. The number of anilines is 1. The van der Waals surface area contributed by atoms with E-state index in [2.05, 4.69) is 19.7 Å². The predicted octanol–water partition coefficient (Wildman–Crippen LogP) is 3.57. The summed E-state index contributed by atoms with van der Waals surface area (Å²) in [6.07, 6.45) is -3.94. The van der Waals surface area contributed by atoms with E-state index in [1.807, 2.05) is 0 Å². The Labute approximate surface area is 163 Å². The van der Waals surface area contributed by atoms with Gasteiger partial charge in [0.15, 0.2) is 6.17 Å². The quantitative estimate of drug-likeness (QED) is 0.592. The Balaban J connectivity index is 1.89. The lowest BCUT2D eigenvalue weighted by atomic mass is 10.1. The second-order valence-electron chi connectivity index (χ2n) is 5.73. The summed E-state index contributed by atoms with van der Waals surface area (Å²) in [4.78, 5) is 10.3. The lowest BCUT2D eigenvalue weighted by Crippen LogP contribution is -2.18. The monoisotopic (exact) mass is 434 g/mol. The van der Waals surface area contributed by atoms with Gasteiger partial charge < -0.3 is 9.72 Å². The number of nitrogens with one attached hydrogen (secondary N) is 2. The number of aromatic amines is 1. The van der Waals surface area contributed by atoms with Gasteiger partial charge in [-0.05, 0) is 18.2 Å². The fraction of sp³-hybridized carbons (Fsp3) is 0.250. The average molecular weight is 435 g/mol. The van der Waals surface area contributed by atoms with Gasteiger partial charge in [0.1, 0.15) is 4.90 Å². The van der Waals surface area contributed by atoms with Crippen LogP contribution in [0.5, 0.6) is 5.88 Å². The summed E-state index contributed by atoms with van der Waals surface area (Å²) >= 11 is 5.88. The molecular weight excluding hydrogens is 421 g/mol. The van der Waals surface area contributed by atoms with E-state index in [4.69, 9.17) is 16.3 Å². The van der Waals surface area contributed by atoms with Crippen LogP contribution in [0, 0.1) is 0 Å². The lowest BCUT2D eigenvalue weighted by molar-refractivity contribution is 0.0499. The number of hydrogen-bond acceptors (Lipinski definition) is 5. The third-order valence-corrected chi connectivity index (χ3v) is 5.43.